The van der Waals surface area contributed by atoms with E-state index in [0.29, 0.717) is 0 Å². The van der Waals surface area contributed by atoms with Crippen molar-refractivity contribution in [2.24, 2.45) is 0 Å². The van der Waals surface area contributed by atoms with Crippen LogP contribution < -0.4 is 4.74 Å². The highest BCUT2D eigenvalue weighted by Crippen LogP contribution is 2.14. The number of fused-ring (bicyclic) bond motifs is 1. The number of pyridine rings is 1. The molecule has 0 aliphatic rings. The van der Waals surface area contributed by atoms with Gasteiger partial charge in [0.25, 0.3) is 0 Å². The molecule has 0 unspecified atom stereocenters. The molecule has 0 saturated heterocycles. The van der Waals surface area contributed by atoms with Crippen LogP contribution in [0.25, 0.3) is 5.65 Å². The summed E-state index contributed by atoms with van der Waals surface area (Å²) < 4.78 is 6.87. The molecule has 0 amide bonds. The lowest BCUT2D eigenvalue weighted by Gasteiger charge is -1.98. The summed E-state index contributed by atoms with van der Waals surface area (Å²) in [5, 5.41) is 7.62. The van der Waals surface area contributed by atoms with Crippen molar-refractivity contribution in [3.63, 3.8) is 0 Å². The van der Waals surface area contributed by atoms with E-state index < -0.39 is 0 Å². The molecule has 0 atom stereocenters. The van der Waals surface area contributed by atoms with Crippen molar-refractivity contribution >= 4 is 5.65 Å². The van der Waals surface area contributed by atoms with Crippen LogP contribution in [0.4, 0.5) is 0 Å². The van der Waals surface area contributed by atoms with Gasteiger partial charge in [-0.2, -0.15) is 0 Å². The van der Waals surface area contributed by atoms with Gasteiger partial charge in [0.2, 0.25) is 5.65 Å². The molecule has 0 spiro atoms. The number of ether oxygens (including phenoxy) is 1. The van der Waals surface area contributed by atoms with Gasteiger partial charge in [-0.05, 0) is 12.1 Å². The topological polar surface area (TPSA) is 39.4 Å². The molecule has 2 aromatic heterocycles. The van der Waals surface area contributed by atoms with Crippen molar-refractivity contribution in [1.29, 1.82) is 0 Å². The Labute approximate surface area is 63.4 Å². The van der Waals surface area contributed by atoms with E-state index in [4.69, 9.17) is 4.74 Å². The number of hydrogen-bond donors (Lipinski definition) is 0. The smallest absolute Gasteiger partial charge is 0.203 e. The minimum atomic E-state index is 0.741. The maximum Gasteiger partial charge on any atom is 0.203 e. The Kier molecular flexibility index (Phi) is 1.25. The maximum absolute atomic E-state index is 5.06. The summed E-state index contributed by atoms with van der Waals surface area (Å²) in [4.78, 5) is 0. The quantitative estimate of drug-likeness (QED) is 0.600. The molecule has 0 saturated carbocycles. The van der Waals surface area contributed by atoms with E-state index in [0.717, 1.165) is 11.4 Å². The molecule has 0 N–H and O–H groups in total. The molecular formula is C7H7N3O. The van der Waals surface area contributed by atoms with Crippen molar-refractivity contribution in [3.05, 3.63) is 24.7 Å². The molecule has 4 nitrogen and oxygen atoms in total. The van der Waals surface area contributed by atoms with Crippen LogP contribution in [0.2, 0.25) is 0 Å². The van der Waals surface area contributed by atoms with Gasteiger partial charge in [-0.3, -0.25) is 4.40 Å². The third kappa shape index (κ3) is 0.832. The Morgan fingerprint density at radius 1 is 1.55 bits per heavy atom. The summed E-state index contributed by atoms with van der Waals surface area (Å²) in [7, 11) is 1.62. The first-order chi connectivity index (χ1) is 5.42. The van der Waals surface area contributed by atoms with Crippen LogP contribution in [0.3, 0.4) is 0 Å². The van der Waals surface area contributed by atoms with Crippen LogP contribution in [-0.2, 0) is 0 Å². The van der Waals surface area contributed by atoms with Crippen LogP contribution in [0.1, 0.15) is 0 Å². The van der Waals surface area contributed by atoms with Crippen LogP contribution >= 0.6 is 0 Å². The molecule has 11 heavy (non-hydrogen) atoms. The summed E-state index contributed by atoms with van der Waals surface area (Å²) in [6.45, 7) is 0. The summed E-state index contributed by atoms with van der Waals surface area (Å²) in [6, 6.07) is 3.74. The molecule has 0 bridgehead atoms. The Morgan fingerprint density at radius 2 is 2.45 bits per heavy atom. The average molecular weight is 149 g/mol. The lowest BCUT2D eigenvalue weighted by molar-refractivity contribution is 0.417. The third-order valence-corrected chi connectivity index (χ3v) is 1.51. The normalized spacial score (nSPS) is 10.3. The second kappa shape index (κ2) is 2.23. The standard InChI is InChI=1S/C7H7N3O/c1-11-6-3-2-4-10-5-8-9-7(6)10/h2-5H,1H3. The molecule has 4 heteroatoms. The first kappa shape index (κ1) is 6.15. The molecule has 0 radical (unpaired) electrons. The van der Waals surface area contributed by atoms with Gasteiger partial charge in [0.1, 0.15) is 6.33 Å². The van der Waals surface area contributed by atoms with Crippen LogP contribution in [0.15, 0.2) is 24.7 Å². The van der Waals surface area contributed by atoms with Gasteiger partial charge in [0.05, 0.1) is 7.11 Å². The highest BCUT2D eigenvalue weighted by atomic mass is 16.5. The lowest BCUT2D eigenvalue weighted by atomic mass is 10.4. The zero-order valence-corrected chi connectivity index (χ0v) is 6.06. The SMILES string of the molecule is COc1cccn2cnnc12. The van der Waals surface area contributed by atoms with Crippen molar-refractivity contribution in [1.82, 2.24) is 14.6 Å². The molecule has 2 heterocycles. The van der Waals surface area contributed by atoms with Crippen molar-refractivity contribution in [3.8, 4) is 5.75 Å². The summed E-state index contributed by atoms with van der Waals surface area (Å²) >= 11 is 0. The maximum atomic E-state index is 5.06. The number of hydrogen-bond acceptors (Lipinski definition) is 3. The molecular weight excluding hydrogens is 142 g/mol. The molecule has 0 aromatic carbocycles. The first-order valence-electron chi connectivity index (χ1n) is 3.24. The Hall–Kier alpha value is -1.58. The second-order valence-electron chi connectivity index (χ2n) is 2.14. The lowest BCUT2D eigenvalue weighted by Crippen LogP contribution is -1.88. The van der Waals surface area contributed by atoms with E-state index in [2.05, 4.69) is 10.2 Å². The highest BCUT2D eigenvalue weighted by molar-refractivity contribution is 5.51. The molecule has 0 fully saturated rings. The number of nitrogens with zero attached hydrogens (tertiary/aromatic N) is 3. The Bertz CT molecular complexity index is 368. The van der Waals surface area contributed by atoms with Crippen molar-refractivity contribution < 1.29 is 4.74 Å². The van der Waals surface area contributed by atoms with E-state index in [1.165, 1.54) is 0 Å². The molecule has 0 aliphatic heterocycles. The van der Waals surface area contributed by atoms with E-state index in [1.807, 2.05) is 18.3 Å². The fraction of sp³-hybridized carbons (Fsp3) is 0.143. The zero-order chi connectivity index (χ0) is 7.68. The van der Waals surface area contributed by atoms with Crippen LogP contribution in [-0.4, -0.2) is 21.7 Å². The van der Waals surface area contributed by atoms with Gasteiger partial charge in [0.15, 0.2) is 5.75 Å². The second-order valence-corrected chi connectivity index (χ2v) is 2.14. The number of aromatic nitrogens is 3. The van der Waals surface area contributed by atoms with Gasteiger partial charge in [-0.1, -0.05) is 0 Å². The molecule has 2 aromatic rings. The van der Waals surface area contributed by atoms with Crippen molar-refractivity contribution in [2.75, 3.05) is 7.11 Å². The predicted molar refractivity (Wildman–Crippen MR) is 39.5 cm³/mol. The summed E-state index contributed by atoms with van der Waals surface area (Å²) in [5.41, 5.74) is 0.745. The van der Waals surface area contributed by atoms with Crippen molar-refractivity contribution in [2.45, 2.75) is 0 Å². The Morgan fingerprint density at radius 3 is 3.27 bits per heavy atom. The molecule has 0 aliphatic carbocycles. The van der Waals surface area contributed by atoms with Crippen LogP contribution in [0, 0.1) is 0 Å². The van der Waals surface area contributed by atoms with Gasteiger partial charge in [-0.15, -0.1) is 10.2 Å². The average Bonchev–Trinajstić information content (AvgIpc) is 2.50. The molecule has 2 rings (SSSR count). The van der Waals surface area contributed by atoms with E-state index in [9.17, 15) is 0 Å². The largest absolute Gasteiger partial charge is 0.493 e. The summed E-state index contributed by atoms with van der Waals surface area (Å²) in [6.07, 6.45) is 3.51. The monoisotopic (exact) mass is 149 g/mol. The van der Waals surface area contributed by atoms with E-state index >= 15 is 0 Å². The fourth-order valence-corrected chi connectivity index (χ4v) is 0.985. The van der Waals surface area contributed by atoms with Gasteiger partial charge in [0, 0.05) is 6.20 Å². The minimum absolute atomic E-state index is 0.741. The number of methoxy groups -OCH3 is 1. The van der Waals surface area contributed by atoms with Crippen LogP contribution in [0.5, 0.6) is 5.75 Å². The van der Waals surface area contributed by atoms with Gasteiger partial charge in [-0.25, -0.2) is 0 Å². The zero-order valence-electron chi connectivity index (χ0n) is 6.06. The highest BCUT2D eigenvalue weighted by Gasteiger charge is 2.00. The summed E-state index contributed by atoms with van der Waals surface area (Å²) in [5.74, 6) is 0.741. The van der Waals surface area contributed by atoms with Gasteiger partial charge < -0.3 is 4.74 Å². The predicted octanol–water partition coefficient (Wildman–Crippen LogP) is 0.738. The van der Waals surface area contributed by atoms with E-state index in [1.54, 1.807) is 17.8 Å². The third-order valence-electron chi connectivity index (χ3n) is 1.51. The first-order valence-corrected chi connectivity index (χ1v) is 3.24. The number of rotatable bonds is 1. The fourth-order valence-electron chi connectivity index (χ4n) is 0.985. The Balaban J connectivity index is 2.79. The molecule has 56 valence electrons. The minimum Gasteiger partial charge on any atom is -0.493 e. The van der Waals surface area contributed by atoms with E-state index in [-0.39, 0.29) is 0 Å². The van der Waals surface area contributed by atoms with Gasteiger partial charge >= 0.3 is 0 Å².